The summed E-state index contributed by atoms with van der Waals surface area (Å²) in [7, 11) is 0. The summed E-state index contributed by atoms with van der Waals surface area (Å²) >= 11 is 6.05. The first-order chi connectivity index (χ1) is 8.58. The highest BCUT2D eigenvalue weighted by Gasteiger charge is 2.11. The number of halogens is 1. The minimum atomic E-state index is -0.500. The maximum absolute atomic E-state index is 11.6. The van der Waals surface area contributed by atoms with E-state index in [1.54, 1.807) is 18.2 Å². The van der Waals surface area contributed by atoms with E-state index in [1.165, 1.54) is 0 Å². The number of nitrogens with two attached hydrogens (primary N) is 1. The van der Waals surface area contributed by atoms with Gasteiger partial charge in [-0.2, -0.15) is 0 Å². The van der Waals surface area contributed by atoms with Crippen LogP contribution in [-0.4, -0.2) is 18.6 Å². The highest BCUT2D eigenvalue weighted by Crippen LogP contribution is 2.27. The number of ether oxygens (including phenoxy) is 1. The maximum atomic E-state index is 11.6. The third-order valence-electron chi connectivity index (χ3n) is 2.44. The fourth-order valence-corrected chi connectivity index (χ4v) is 1.56. The zero-order valence-electron chi connectivity index (χ0n) is 10.7. The van der Waals surface area contributed by atoms with Gasteiger partial charge in [0.15, 0.2) is 0 Å². The number of anilines is 1. The van der Waals surface area contributed by atoms with Crippen LogP contribution in [0.25, 0.3) is 0 Å². The molecule has 1 atom stereocenters. The Hall–Kier alpha value is -1.26. The van der Waals surface area contributed by atoms with Gasteiger partial charge in [-0.25, -0.2) is 0 Å². The molecular weight excluding hydrogens is 252 g/mol. The Morgan fingerprint density at radius 3 is 2.78 bits per heavy atom. The summed E-state index contributed by atoms with van der Waals surface area (Å²) in [5.74, 6) is 0.409. The second-order valence-electron chi connectivity index (χ2n) is 4.00. The minimum Gasteiger partial charge on any atom is -0.492 e. The molecule has 0 aromatic heterocycles. The van der Waals surface area contributed by atoms with Crippen molar-refractivity contribution in [3.05, 3.63) is 23.2 Å². The zero-order valence-corrected chi connectivity index (χ0v) is 11.5. The number of rotatable bonds is 6. The first kappa shape index (κ1) is 14.8. The largest absolute Gasteiger partial charge is 0.492 e. The second-order valence-corrected chi connectivity index (χ2v) is 4.40. The molecule has 0 aliphatic carbocycles. The average Bonchev–Trinajstić information content (AvgIpc) is 2.36. The van der Waals surface area contributed by atoms with E-state index in [0.29, 0.717) is 29.5 Å². The predicted octanol–water partition coefficient (Wildman–Crippen LogP) is 2.80. The number of nitrogens with one attached hydrogen (secondary N) is 1. The van der Waals surface area contributed by atoms with Gasteiger partial charge < -0.3 is 15.8 Å². The quantitative estimate of drug-likeness (QED) is 0.835. The second kappa shape index (κ2) is 7.24. The summed E-state index contributed by atoms with van der Waals surface area (Å²) < 4.78 is 5.45. The fraction of sp³-hybridized carbons (Fsp3) is 0.462. The average molecular weight is 271 g/mol. The molecule has 0 bridgehead atoms. The number of benzene rings is 1. The summed E-state index contributed by atoms with van der Waals surface area (Å²) in [6.45, 7) is 4.50. The molecule has 1 aromatic carbocycles. The third-order valence-corrected chi connectivity index (χ3v) is 2.73. The van der Waals surface area contributed by atoms with Crippen LogP contribution in [-0.2, 0) is 4.79 Å². The number of hydrogen-bond acceptors (Lipinski definition) is 3. The Bertz CT molecular complexity index is 410. The van der Waals surface area contributed by atoms with Gasteiger partial charge in [0.2, 0.25) is 5.91 Å². The van der Waals surface area contributed by atoms with Crippen molar-refractivity contribution in [3.8, 4) is 5.75 Å². The fourth-order valence-electron chi connectivity index (χ4n) is 1.33. The first-order valence-corrected chi connectivity index (χ1v) is 6.45. The smallest absolute Gasteiger partial charge is 0.241 e. The van der Waals surface area contributed by atoms with E-state index in [4.69, 9.17) is 22.1 Å². The van der Waals surface area contributed by atoms with E-state index >= 15 is 0 Å². The van der Waals surface area contributed by atoms with Crippen molar-refractivity contribution >= 4 is 23.2 Å². The predicted molar refractivity (Wildman–Crippen MR) is 74.1 cm³/mol. The zero-order chi connectivity index (χ0) is 13.5. The van der Waals surface area contributed by atoms with Gasteiger partial charge in [-0.1, -0.05) is 25.4 Å². The minimum absolute atomic E-state index is 0.212. The summed E-state index contributed by atoms with van der Waals surface area (Å²) in [4.78, 5) is 11.6. The van der Waals surface area contributed by atoms with Crippen LogP contribution in [0, 0.1) is 0 Å². The lowest BCUT2D eigenvalue weighted by atomic mass is 10.2. The van der Waals surface area contributed by atoms with Crippen molar-refractivity contribution in [3.63, 3.8) is 0 Å². The van der Waals surface area contributed by atoms with Crippen LogP contribution in [0.1, 0.15) is 26.7 Å². The molecule has 18 heavy (non-hydrogen) atoms. The summed E-state index contributed by atoms with van der Waals surface area (Å²) in [6.07, 6.45) is 1.51. The Kier molecular flexibility index (Phi) is 5.95. The molecule has 0 unspecified atom stereocenters. The molecule has 0 spiro atoms. The van der Waals surface area contributed by atoms with Gasteiger partial charge in [0, 0.05) is 5.69 Å². The van der Waals surface area contributed by atoms with Crippen LogP contribution in [0.5, 0.6) is 5.75 Å². The lowest BCUT2D eigenvalue weighted by molar-refractivity contribution is -0.117. The van der Waals surface area contributed by atoms with Crippen LogP contribution < -0.4 is 15.8 Å². The Morgan fingerprint density at radius 1 is 1.50 bits per heavy atom. The number of carbonyl (C=O) groups is 1. The van der Waals surface area contributed by atoms with Crippen LogP contribution in [0.2, 0.25) is 5.02 Å². The molecule has 4 nitrogen and oxygen atoms in total. The molecule has 1 rings (SSSR count). The molecule has 1 amide bonds. The Morgan fingerprint density at radius 2 is 2.22 bits per heavy atom. The molecule has 0 aliphatic heterocycles. The summed E-state index contributed by atoms with van der Waals surface area (Å²) in [6, 6.07) is 4.65. The van der Waals surface area contributed by atoms with E-state index in [2.05, 4.69) is 5.32 Å². The number of carbonyl (C=O) groups excluding carboxylic acids is 1. The van der Waals surface area contributed by atoms with E-state index in [1.807, 2.05) is 13.8 Å². The van der Waals surface area contributed by atoms with E-state index in [0.717, 1.165) is 6.42 Å². The molecule has 0 heterocycles. The molecule has 3 N–H and O–H groups in total. The normalized spacial score (nSPS) is 12.0. The summed E-state index contributed by atoms with van der Waals surface area (Å²) in [5, 5.41) is 3.19. The molecule has 0 saturated heterocycles. The van der Waals surface area contributed by atoms with Crippen molar-refractivity contribution in [2.45, 2.75) is 32.7 Å². The topological polar surface area (TPSA) is 64.3 Å². The lowest BCUT2D eigenvalue weighted by Crippen LogP contribution is -2.34. The molecule has 1 aromatic rings. The van der Waals surface area contributed by atoms with Crippen molar-refractivity contribution < 1.29 is 9.53 Å². The molecule has 5 heteroatoms. The maximum Gasteiger partial charge on any atom is 0.241 e. The number of hydrogen-bond donors (Lipinski definition) is 2. The molecule has 100 valence electrons. The van der Waals surface area contributed by atoms with Gasteiger partial charge >= 0.3 is 0 Å². The highest BCUT2D eigenvalue weighted by atomic mass is 35.5. The monoisotopic (exact) mass is 270 g/mol. The van der Waals surface area contributed by atoms with Crippen molar-refractivity contribution in [1.82, 2.24) is 0 Å². The third kappa shape index (κ3) is 4.20. The van der Waals surface area contributed by atoms with Gasteiger partial charge in [0.25, 0.3) is 0 Å². The SMILES string of the molecule is CCCOc1ccc(NC(=O)[C@H](N)CC)cc1Cl. The molecular formula is C13H19ClN2O2. The van der Waals surface area contributed by atoms with Crippen LogP contribution in [0.15, 0.2) is 18.2 Å². The standard InChI is InChI=1S/C13H19ClN2O2/c1-3-7-18-12-6-5-9(8-10(12)14)16-13(17)11(15)4-2/h5-6,8,11H,3-4,7,15H2,1-2H3,(H,16,17)/t11-/m1/s1. The van der Waals surface area contributed by atoms with Crippen LogP contribution >= 0.6 is 11.6 Å². The number of amides is 1. The van der Waals surface area contributed by atoms with E-state index < -0.39 is 6.04 Å². The van der Waals surface area contributed by atoms with Gasteiger partial charge in [0.1, 0.15) is 5.75 Å². The van der Waals surface area contributed by atoms with E-state index in [9.17, 15) is 4.79 Å². The molecule has 0 aliphatic rings. The first-order valence-electron chi connectivity index (χ1n) is 6.07. The summed E-state index contributed by atoms with van der Waals surface area (Å²) in [5.41, 5.74) is 6.25. The molecule has 0 fully saturated rings. The van der Waals surface area contributed by atoms with Crippen molar-refractivity contribution in [2.24, 2.45) is 5.73 Å². The van der Waals surface area contributed by atoms with Crippen LogP contribution in [0.4, 0.5) is 5.69 Å². The van der Waals surface area contributed by atoms with Crippen molar-refractivity contribution in [1.29, 1.82) is 0 Å². The van der Waals surface area contributed by atoms with Gasteiger partial charge in [-0.15, -0.1) is 0 Å². The lowest BCUT2D eigenvalue weighted by Gasteiger charge is -2.12. The van der Waals surface area contributed by atoms with Crippen LogP contribution in [0.3, 0.4) is 0 Å². The van der Waals surface area contributed by atoms with Gasteiger partial charge in [-0.05, 0) is 31.0 Å². The van der Waals surface area contributed by atoms with Gasteiger partial charge in [-0.3, -0.25) is 4.79 Å². The highest BCUT2D eigenvalue weighted by molar-refractivity contribution is 6.32. The van der Waals surface area contributed by atoms with E-state index in [-0.39, 0.29) is 5.91 Å². The van der Waals surface area contributed by atoms with Gasteiger partial charge in [0.05, 0.1) is 17.7 Å². The Balaban J connectivity index is 2.69. The molecule has 0 saturated carbocycles. The van der Waals surface area contributed by atoms with Crippen molar-refractivity contribution in [2.75, 3.05) is 11.9 Å². The Labute approximate surface area is 112 Å². The molecule has 0 radical (unpaired) electrons.